The van der Waals surface area contributed by atoms with Crippen LogP contribution >= 0.6 is 0 Å². The van der Waals surface area contributed by atoms with Crippen molar-refractivity contribution >= 4 is 17.9 Å². The largest absolute Gasteiger partial charge is 0.462 e. The predicted molar refractivity (Wildman–Crippen MR) is 349 cm³/mol. The van der Waals surface area contributed by atoms with E-state index in [4.69, 9.17) is 14.2 Å². The Morgan fingerprint density at radius 3 is 0.637 bits per heavy atom. The minimum Gasteiger partial charge on any atom is -0.462 e. The molecule has 0 fully saturated rings. The molecule has 0 aliphatic carbocycles. The summed E-state index contributed by atoms with van der Waals surface area (Å²) in [5.41, 5.74) is 0. The Morgan fingerprint density at radius 1 is 0.237 bits per heavy atom. The Kier molecular flexibility index (Phi) is 67.6. The minimum atomic E-state index is -0.774. The lowest BCUT2D eigenvalue weighted by atomic mass is 10.0. The van der Waals surface area contributed by atoms with Crippen molar-refractivity contribution in [1.29, 1.82) is 0 Å². The van der Waals surface area contributed by atoms with Gasteiger partial charge in [-0.2, -0.15) is 0 Å². The number of unbranched alkanes of at least 4 members (excludes halogenated alkanes) is 53. The summed E-state index contributed by atoms with van der Waals surface area (Å²) in [5, 5.41) is 0. The van der Waals surface area contributed by atoms with Gasteiger partial charge >= 0.3 is 17.9 Å². The molecular formula is C74H140O6. The fourth-order valence-electron chi connectivity index (χ4n) is 11.2. The molecule has 0 aliphatic rings. The average molecular weight is 1130 g/mol. The van der Waals surface area contributed by atoms with E-state index in [9.17, 15) is 14.4 Å². The fraction of sp³-hybridized carbons (Fsp3) is 0.905. The molecule has 1 atom stereocenters. The number of carbonyl (C=O) groups excluding carboxylic acids is 3. The van der Waals surface area contributed by atoms with Gasteiger partial charge in [-0.05, 0) is 70.6 Å². The number of allylic oxidation sites excluding steroid dienone is 4. The molecule has 6 heteroatoms. The predicted octanol–water partition coefficient (Wildman–Crippen LogP) is 25.0. The molecule has 1 unspecified atom stereocenters. The van der Waals surface area contributed by atoms with Crippen molar-refractivity contribution in [3.63, 3.8) is 0 Å². The Hall–Kier alpha value is -2.11. The van der Waals surface area contributed by atoms with E-state index in [-0.39, 0.29) is 31.1 Å². The first kappa shape index (κ1) is 77.9. The second kappa shape index (κ2) is 69.4. The van der Waals surface area contributed by atoms with Crippen molar-refractivity contribution in [1.82, 2.24) is 0 Å². The van der Waals surface area contributed by atoms with Crippen LogP contribution < -0.4 is 0 Å². The molecular weight excluding hydrogens is 985 g/mol. The zero-order valence-electron chi connectivity index (χ0n) is 54.4. The van der Waals surface area contributed by atoms with Gasteiger partial charge in [0.2, 0.25) is 0 Å². The molecule has 0 spiro atoms. The summed E-state index contributed by atoms with van der Waals surface area (Å²) in [6.07, 6.45) is 85.1. The number of esters is 3. The van der Waals surface area contributed by atoms with E-state index >= 15 is 0 Å². The van der Waals surface area contributed by atoms with Crippen LogP contribution in [0.5, 0.6) is 0 Å². The third kappa shape index (κ3) is 66.7. The Labute approximate surface area is 500 Å². The molecule has 0 N–H and O–H groups in total. The van der Waals surface area contributed by atoms with Crippen molar-refractivity contribution in [2.45, 2.75) is 419 Å². The molecule has 0 aromatic carbocycles. The molecule has 0 amide bonds. The summed E-state index contributed by atoms with van der Waals surface area (Å²) in [6, 6.07) is 0. The second-order valence-corrected chi connectivity index (χ2v) is 24.9. The van der Waals surface area contributed by atoms with Crippen LogP contribution in [0.4, 0.5) is 0 Å². The monoisotopic (exact) mass is 1130 g/mol. The van der Waals surface area contributed by atoms with E-state index < -0.39 is 6.10 Å². The normalized spacial score (nSPS) is 12.1. The molecule has 0 rings (SSSR count). The van der Waals surface area contributed by atoms with Gasteiger partial charge in [0.05, 0.1) is 0 Å². The van der Waals surface area contributed by atoms with Crippen LogP contribution in [-0.2, 0) is 28.6 Å². The van der Waals surface area contributed by atoms with E-state index in [0.29, 0.717) is 19.3 Å². The second-order valence-electron chi connectivity index (χ2n) is 24.9. The van der Waals surface area contributed by atoms with Crippen LogP contribution in [0.2, 0.25) is 0 Å². The van der Waals surface area contributed by atoms with Crippen molar-refractivity contribution < 1.29 is 28.6 Å². The highest BCUT2D eigenvalue weighted by atomic mass is 16.6. The zero-order valence-corrected chi connectivity index (χ0v) is 54.4. The molecule has 6 nitrogen and oxygen atoms in total. The van der Waals surface area contributed by atoms with Gasteiger partial charge in [0, 0.05) is 19.3 Å². The lowest BCUT2D eigenvalue weighted by Gasteiger charge is -2.18. The molecule has 0 heterocycles. The smallest absolute Gasteiger partial charge is 0.306 e. The highest BCUT2D eigenvalue weighted by Gasteiger charge is 2.19. The zero-order chi connectivity index (χ0) is 57.8. The number of carbonyl (C=O) groups is 3. The number of ether oxygens (including phenoxy) is 3. The first-order valence-electron chi connectivity index (χ1n) is 36.3. The Morgan fingerprint density at radius 2 is 0.412 bits per heavy atom. The highest BCUT2D eigenvalue weighted by Crippen LogP contribution is 2.19. The van der Waals surface area contributed by atoms with Crippen molar-refractivity contribution in [2.75, 3.05) is 13.2 Å². The summed E-state index contributed by atoms with van der Waals surface area (Å²) in [7, 11) is 0. The third-order valence-corrected chi connectivity index (χ3v) is 16.7. The molecule has 0 radical (unpaired) electrons. The first-order valence-corrected chi connectivity index (χ1v) is 36.3. The standard InChI is InChI=1S/C74H140O6/c1-4-7-10-13-16-19-22-25-27-29-31-32-33-34-35-36-37-38-39-40-41-43-44-46-49-52-55-58-61-64-67-73(76)79-70-71(69-78-72(75)66-63-60-57-54-51-48-24-21-18-15-12-9-6-3)80-74(77)68-65-62-59-56-53-50-47-45-42-30-28-26-23-20-17-14-11-8-5-2/h21,24,26,28,71H,4-20,22-23,25,27,29-70H2,1-3H3/b24-21-,28-26-. The van der Waals surface area contributed by atoms with Crippen molar-refractivity contribution in [2.24, 2.45) is 0 Å². The molecule has 0 saturated carbocycles. The van der Waals surface area contributed by atoms with E-state index in [1.807, 2.05) is 0 Å². The quantitative estimate of drug-likeness (QED) is 0.0261. The molecule has 0 bridgehead atoms. The summed E-state index contributed by atoms with van der Waals surface area (Å²) in [4.78, 5) is 38.4. The minimum absolute atomic E-state index is 0.0693. The lowest BCUT2D eigenvalue weighted by molar-refractivity contribution is -0.167. The third-order valence-electron chi connectivity index (χ3n) is 16.7. The van der Waals surface area contributed by atoms with Crippen LogP contribution in [0.3, 0.4) is 0 Å². The summed E-state index contributed by atoms with van der Waals surface area (Å²) in [5.74, 6) is -0.851. The van der Waals surface area contributed by atoms with Crippen LogP contribution in [0.1, 0.15) is 412 Å². The van der Waals surface area contributed by atoms with Crippen LogP contribution in [0.15, 0.2) is 24.3 Å². The lowest BCUT2D eigenvalue weighted by Crippen LogP contribution is -2.30. The number of rotatable bonds is 68. The SMILES string of the molecule is CCCCCC/C=C\CCCCCCCC(=O)OCC(COC(=O)CCCCCCCCCCCCCCCCCCCCCCCCCCCCCCCC)OC(=O)CCCCCCCCCCC/C=C\CCCCCCCC. The van der Waals surface area contributed by atoms with E-state index in [1.54, 1.807) is 0 Å². The van der Waals surface area contributed by atoms with Gasteiger partial charge in [-0.25, -0.2) is 0 Å². The topological polar surface area (TPSA) is 78.9 Å². The molecule has 472 valence electrons. The maximum absolute atomic E-state index is 12.9. The summed E-state index contributed by atoms with van der Waals surface area (Å²) in [6.45, 7) is 6.69. The molecule has 0 aromatic heterocycles. The first-order chi connectivity index (χ1) is 39.5. The molecule has 0 aliphatic heterocycles. The van der Waals surface area contributed by atoms with E-state index in [2.05, 4.69) is 45.1 Å². The van der Waals surface area contributed by atoms with E-state index in [0.717, 1.165) is 64.2 Å². The average Bonchev–Trinajstić information content (AvgIpc) is 3.46. The van der Waals surface area contributed by atoms with E-state index in [1.165, 1.54) is 308 Å². The van der Waals surface area contributed by atoms with Gasteiger partial charge in [0.25, 0.3) is 0 Å². The number of hydrogen-bond acceptors (Lipinski definition) is 6. The van der Waals surface area contributed by atoms with Crippen LogP contribution in [0, 0.1) is 0 Å². The fourth-order valence-corrected chi connectivity index (χ4v) is 11.2. The maximum atomic E-state index is 12.9. The van der Waals surface area contributed by atoms with Gasteiger partial charge in [0.15, 0.2) is 6.10 Å². The highest BCUT2D eigenvalue weighted by molar-refractivity contribution is 5.71. The van der Waals surface area contributed by atoms with Crippen LogP contribution in [-0.4, -0.2) is 37.2 Å². The van der Waals surface area contributed by atoms with Gasteiger partial charge in [-0.1, -0.05) is 347 Å². The Bertz CT molecular complexity index is 1290. The van der Waals surface area contributed by atoms with Gasteiger partial charge in [-0.15, -0.1) is 0 Å². The summed E-state index contributed by atoms with van der Waals surface area (Å²) < 4.78 is 17.0. The van der Waals surface area contributed by atoms with Crippen molar-refractivity contribution in [3.8, 4) is 0 Å². The summed E-state index contributed by atoms with van der Waals surface area (Å²) >= 11 is 0. The number of hydrogen-bond donors (Lipinski definition) is 0. The van der Waals surface area contributed by atoms with Gasteiger partial charge in [-0.3, -0.25) is 14.4 Å². The molecule has 80 heavy (non-hydrogen) atoms. The van der Waals surface area contributed by atoms with Crippen LogP contribution in [0.25, 0.3) is 0 Å². The van der Waals surface area contributed by atoms with Gasteiger partial charge < -0.3 is 14.2 Å². The van der Waals surface area contributed by atoms with Gasteiger partial charge in [0.1, 0.15) is 13.2 Å². The maximum Gasteiger partial charge on any atom is 0.306 e. The van der Waals surface area contributed by atoms with Crippen molar-refractivity contribution in [3.05, 3.63) is 24.3 Å². The molecule has 0 saturated heterocycles. The Balaban J connectivity index is 4.15. The molecule has 0 aromatic rings.